The van der Waals surface area contributed by atoms with Gasteiger partial charge < -0.3 is 10.2 Å². The topological polar surface area (TPSA) is 86.8 Å². The maximum Gasteiger partial charge on any atom is 0.264 e. The Morgan fingerprint density at radius 2 is 1.46 bits per heavy atom. The van der Waals surface area contributed by atoms with Crippen molar-refractivity contribution in [2.75, 3.05) is 17.4 Å². The molecule has 0 saturated heterocycles. The van der Waals surface area contributed by atoms with Crippen LogP contribution in [0.5, 0.6) is 0 Å². The summed E-state index contributed by atoms with van der Waals surface area (Å²) >= 11 is 6.33. The number of carbonyl (C=O) groups excluding carboxylic acids is 2. The van der Waals surface area contributed by atoms with E-state index in [9.17, 15) is 18.0 Å². The summed E-state index contributed by atoms with van der Waals surface area (Å²) in [7, 11) is -4.18. The molecule has 0 aliphatic heterocycles. The second-order valence-electron chi connectivity index (χ2n) is 12.1. The fourth-order valence-electron chi connectivity index (χ4n) is 5.24. The average Bonchev–Trinajstić information content (AvgIpc) is 3.01. The number of hydrogen-bond donors (Lipinski definition) is 1. The third-order valence-corrected chi connectivity index (χ3v) is 9.72. The number of hydrogen-bond acceptors (Lipinski definition) is 4. The van der Waals surface area contributed by atoms with Crippen LogP contribution in [0, 0.1) is 26.7 Å². The van der Waals surface area contributed by atoms with Crippen molar-refractivity contribution in [2.24, 2.45) is 5.92 Å². The van der Waals surface area contributed by atoms with E-state index in [0.29, 0.717) is 22.8 Å². The summed E-state index contributed by atoms with van der Waals surface area (Å²) in [5.41, 5.74) is 4.57. The molecule has 4 aromatic carbocycles. The molecule has 0 heterocycles. The van der Waals surface area contributed by atoms with Crippen LogP contribution >= 0.6 is 11.6 Å². The van der Waals surface area contributed by atoms with Crippen LogP contribution in [0.25, 0.3) is 0 Å². The van der Waals surface area contributed by atoms with Crippen LogP contribution in [-0.4, -0.2) is 44.3 Å². The van der Waals surface area contributed by atoms with Gasteiger partial charge in [0.05, 0.1) is 10.6 Å². The van der Waals surface area contributed by atoms with Crippen LogP contribution in [0.4, 0.5) is 5.69 Å². The molecule has 46 heavy (non-hydrogen) atoms. The Labute approximate surface area is 278 Å². The molecule has 0 bridgehead atoms. The zero-order valence-corrected chi connectivity index (χ0v) is 28.6. The Hall–Kier alpha value is -4.14. The Bertz CT molecular complexity index is 1760. The quantitative estimate of drug-likeness (QED) is 0.170. The van der Waals surface area contributed by atoms with Crippen molar-refractivity contribution in [3.05, 3.63) is 130 Å². The first-order valence-corrected chi connectivity index (χ1v) is 17.2. The van der Waals surface area contributed by atoms with Crippen LogP contribution in [0.15, 0.2) is 102 Å². The number of anilines is 1. The fraction of sp³-hybridized carbons (Fsp3) is 0.297. The minimum Gasteiger partial charge on any atom is -0.354 e. The highest BCUT2D eigenvalue weighted by Gasteiger charge is 2.35. The lowest BCUT2D eigenvalue weighted by Gasteiger charge is -2.34. The number of rotatable bonds is 13. The van der Waals surface area contributed by atoms with Crippen molar-refractivity contribution < 1.29 is 18.0 Å². The van der Waals surface area contributed by atoms with Crippen LogP contribution in [0.2, 0.25) is 5.02 Å². The molecule has 4 rings (SSSR count). The minimum atomic E-state index is -4.18. The highest BCUT2D eigenvalue weighted by Crippen LogP contribution is 2.29. The summed E-state index contributed by atoms with van der Waals surface area (Å²) in [6, 6.07) is 27.7. The lowest BCUT2D eigenvalue weighted by Crippen LogP contribution is -2.53. The molecule has 9 heteroatoms. The van der Waals surface area contributed by atoms with E-state index in [1.165, 1.54) is 4.90 Å². The standard InChI is InChI=1S/C37H42ClN3O4S/c1-26(2)23-39-37(43)35(22-30-10-7-6-8-11-30)40(24-31-12-9-13-32(38)21-31)36(42)25-41(34-19-16-28(4)20-29(34)5)46(44,45)33-17-14-27(3)15-18-33/h6-21,26,35H,22-25H2,1-5H3,(H,39,43)/t35-/m1/s1. The van der Waals surface area contributed by atoms with Crippen molar-refractivity contribution in [3.63, 3.8) is 0 Å². The summed E-state index contributed by atoms with van der Waals surface area (Å²) in [6.45, 7) is 9.61. The molecule has 0 fully saturated rings. The predicted octanol–water partition coefficient (Wildman–Crippen LogP) is 6.87. The molecule has 0 aliphatic carbocycles. The summed E-state index contributed by atoms with van der Waals surface area (Å²) in [5, 5.41) is 3.50. The normalized spacial score (nSPS) is 12.1. The number of benzene rings is 4. The molecule has 0 radical (unpaired) electrons. The Kier molecular flexibility index (Phi) is 11.7. The summed E-state index contributed by atoms with van der Waals surface area (Å²) < 4.78 is 29.7. The number of carbonyl (C=O) groups is 2. The van der Waals surface area contributed by atoms with Gasteiger partial charge in [0, 0.05) is 24.5 Å². The molecule has 1 atom stereocenters. The number of aryl methyl sites for hydroxylation is 3. The number of sulfonamides is 1. The lowest BCUT2D eigenvalue weighted by atomic mass is 10.0. The maximum absolute atomic E-state index is 14.6. The lowest BCUT2D eigenvalue weighted by molar-refractivity contribution is -0.140. The van der Waals surface area contributed by atoms with E-state index in [4.69, 9.17) is 11.6 Å². The Balaban J connectivity index is 1.82. The van der Waals surface area contributed by atoms with Gasteiger partial charge in [-0.15, -0.1) is 0 Å². The third-order valence-electron chi connectivity index (χ3n) is 7.71. The van der Waals surface area contributed by atoms with E-state index in [0.717, 1.165) is 26.6 Å². The molecule has 0 aliphatic rings. The molecular weight excluding hydrogens is 618 g/mol. The number of amides is 2. The molecule has 0 aromatic heterocycles. The highest BCUT2D eigenvalue weighted by molar-refractivity contribution is 7.92. The van der Waals surface area contributed by atoms with Gasteiger partial charge in [-0.2, -0.15) is 0 Å². The van der Waals surface area contributed by atoms with Crippen molar-refractivity contribution in [1.82, 2.24) is 10.2 Å². The Morgan fingerprint density at radius 1 is 0.804 bits per heavy atom. The van der Waals surface area contributed by atoms with Crippen molar-refractivity contribution >= 4 is 39.1 Å². The molecule has 4 aromatic rings. The Morgan fingerprint density at radius 3 is 2.09 bits per heavy atom. The van der Waals surface area contributed by atoms with E-state index in [1.54, 1.807) is 48.5 Å². The highest BCUT2D eigenvalue weighted by atomic mass is 35.5. The van der Waals surface area contributed by atoms with Gasteiger partial charge in [-0.3, -0.25) is 13.9 Å². The van der Waals surface area contributed by atoms with Gasteiger partial charge in [0.1, 0.15) is 12.6 Å². The summed E-state index contributed by atoms with van der Waals surface area (Å²) in [4.78, 5) is 30.1. The first-order valence-electron chi connectivity index (χ1n) is 15.4. The number of nitrogens with zero attached hydrogens (tertiary/aromatic N) is 2. The van der Waals surface area contributed by atoms with Gasteiger partial charge in [0.2, 0.25) is 11.8 Å². The smallest absolute Gasteiger partial charge is 0.264 e. The average molecular weight is 660 g/mol. The van der Waals surface area contributed by atoms with Gasteiger partial charge in [0.25, 0.3) is 10.0 Å². The molecule has 242 valence electrons. The van der Waals surface area contributed by atoms with Crippen molar-refractivity contribution in [3.8, 4) is 0 Å². The molecule has 0 unspecified atom stereocenters. The van der Waals surface area contributed by atoms with E-state index in [1.807, 2.05) is 83.1 Å². The second-order valence-corrected chi connectivity index (χ2v) is 14.4. The predicted molar refractivity (Wildman–Crippen MR) is 185 cm³/mol. The summed E-state index contributed by atoms with van der Waals surface area (Å²) in [6.07, 6.45) is 0.241. The SMILES string of the molecule is Cc1ccc(S(=O)(=O)N(CC(=O)N(Cc2cccc(Cl)c2)[C@H](Cc2ccccc2)C(=O)NCC(C)C)c2ccc(C)cc2C)cc1. The zero-order valence-electron chi connectivity index (χ0n) is 27.0. The largest absolute Gasteiger partial charge is 0.354 e. The van der Waals surface area contributed by atoms with Crippen LogP contribution in [0.1, 0.15) is 41.7 Å². The first kappa shape index (κ1) is 34.7. The molecular formula is C37H42ClN3O4S. The van der Waals surface area contributed by atoms with Gasteiger partial charge in [-0.25, -0.2) is 8.42 Å². The van der Waals surface area contributed by atoms with Gasteiger partial charge in [-0.05, 0) is 73.7 Å². The summed E-state index contributed by atoms with van der Waals surface area (Å²) in [5.74, 6) is -0.637. The first-order chi connectivity index (χ1) is 21.8. The van der Waals surface area contributed by atoms with Crippen LogP contribution in [-0.2, 0) is 32.6 Å². The van der Waals surface area contributed by atoms with Gasteiger partial charge in [0.15, 0.2) is 0 Å². The molecule has 7 nitrogen and oxygen atoms in total. The molecule has 2 amide bonds. The maximum atomic E-state index is 14.6. The van der Waals surface area contributed by atoms with Crippen LogP contribution in [0.3, 0.4) is 0 Å². The number of halogens is 1. The van der Waals surface area contributed by atoms with Crippen molar-refractivity contribution in [1.29, 1.82) is 0 Å². The van der Waals surface area contributed by atoms with Crippen molar-refractivity contribution in [2.45, 2.75) is 58.5 Å². The third kappa shape index (κ3) is 8.98. The zero-order chi connectivity index (χ0) is 33.4. The van der Waals surface area contributed by atoms with E-state index >= 15 is 0 Å². The van der Waals surface area contributed by atoms with Gasteiger partial charge >= 0.3 is 0 Å². The number of nitrogens with one attached hydrogen (secondary N) is 1. The minimum absolute atomic E-state index is 0.0529. The molecule has 0 spiro atoms. The van der Waals surface area contributed by atoms with Crippen LogP contribution < -0.4 is 9.62 Å². The van der Waals surface area contributed by atoms with Gasteiger partial charge in [-0.1, -0.05) is 103 Å². The molecule has 1 N–H and O–H groups in total. The second kappa shape index (κ2) is 15.4. The van der Waals surface area contributed by atoms with E-state index in [-0.39, 0.29) is 29.7 Å². The van der Waals surface area contributed by atoms with E-state index in [2.05, 4.69) is 5.32 Å². The fourth-order valence-corrected chi connectivity index (χ4v) is 6.94. The van der Waals surface area contributed by atoms with E-state index < -0.39 is 28.5 Å². The molecule has 0 saturated carbocycles. The monoisotopic (exact) mass is 659 g/mol.